The lowest BCUT2D eigenvalue weighted by Gasteiger charge is -2.10. The highest BCUT2D eigenvalue weighted by Crippen LogP contribution is 2.31. The molecule has 0 unspecified atom stereocenters. The highest BCUT2D eigenvalue weighted by atomic mass is 35.5. The number of aryl methyl sites for hydroxylation is 1. The van der Waals surface area contributed by atoms with Crippen LogP contribution in [0.4, 0.5) is 5.69 Å². The van der Waals surface area contributed by atoms with Gasteiger partial charge in [0.25, 0.3) is 5.91 Å². The minimum absolute atomic E-state index is 0.161. The number of fused-ring (bicyclic) bond motifs is 2. The van der Waals surface area contributed by atoms with E-state index in [-0.39, 0.29) is 11.0 Å². The zero-order chi connectivity index (χ0) is 22.9. The molecule has 0 fully saturated rings. The third kappa shape index (κ3) is 4.31. The van der Waals surface area contributed by atoms with E-state index in [0.717, 1.165) is 21.9 Å². The van der Waals surface area contributed by atoms with Gasteiger partial charge in [0.1, 0.15) is 5.52 Å². The molecule has 0 radical (unpaired) electrons. The van der Waals surface area contributed by atoms with Crippen molar-refractivity contribution < 1.29 is 9.21 Å². The number of benzene rings is 4. The summed E-state index contributed by atoms with van der Waals surface area (Å²) in [5.74, 6) is 0.169. The Balaban J connectivity index is 1.36. The molecule has 5 aromatic rings. The normalized spacial score (nSPS) is 11.0. The topological polar surface area (TPSA) is 67.2 Å². The first-order valence-electron chi connectivity index (χ1n) is 10.3. The van der Waals surface area contributed by atoms with Crippen LogP contribution in [0.15, 0.2) is 83.3 Å². The summed E-state index contributed by atoms with van der Waals surface area (Å²) in [6.45, 7) is 1.91. The van der Waals surface area contributed by atoms with E-state index >= 15 is 0 Å². The summed E-state index contributed by atoms with van der Waals surface area (Å²) in [6.07, 6.45) is 0. The van der Waals surface area contributed by atoms with Crippen molar-refractivity contribution in [3.63, 3.8) is 0 Å². The van der Waals surface area contributed by atoms with Gasteiger partial charge in [-0.2, -0.15) is 0 Å². The van der Waals surface area contributed by atoms with Crippen LogP contribution in [0.3, 0.4) is 0 Å². The van der Waals surface area contributed by atoms with Gasteiger partial charge in [-0.05, 0) is 71.9 Å². The summed E-state index contributed by atoms with van der Waals surface area (Å²) in [4.78, 5) is 17.2. The van der Waals surface area contributed by atoms with Crippen molar-refractivity contribution in [1.82, 2.24) is 10.3 Å². The molecule has 0 aliphatic rings. The lowest BCUT2D eigenvalue weighted by molar-refractivity contribution is 0.0978. The molecule has 0 saturated carbocycles. The molecule has 0 aliphatic heterocycles. The maximum absolute atomic E-state index is 12.5. The van der Waals surface area contributed by atoms with E-state index in [4.69, 9.17) is 28.2 Å². The average Bonchev–Trinajstić information content (AvgIpc) is 3.21. The SMILES string of the molecule is Cc1ccc(C(=O)NC(=S)Nc2ccc3oc(-c4cccc5ccccc45)nc3c2)c(Cl)c1. The van der Waals surface area contributed by atoms with E-state index in [9.17, 15) is 4.79 Å². The van der Waals surface area contributed by atoms with E-state index in [1.165, 1.54) is 0 Å². The zero-order valence-electron chi connectivity index (χ0n) is 17.6. The van der Waals surface area contributed by atoms with Crippen LogP contribution in [-0.2, 0) is 0 Å². The van der Waals surface area contributed by atoms with Crippen LogP contribution < -0.4 is 10.6 Å². The molecule has 0 saturated heterocycles. The van der Waals surface area contributed by atoms with Gasteiger partial charge in [-0.25, -0.2) is 4.98 Å². The van der Waals surface area contributed by atoms with E-state index < -0.39 is 0 Å². The summed E-state index contributed by atoms with van der Waals surface area (Å²) in [6, 6.07) is 24.8. The first kappa shape index (κ1) is 21.1. The van der Waals surface area contributed by atoms with Crippen molar-refractivity contribution in [2.45, 2.75) is 6.92 Å². The number of rotatable bonds is 3. The number of thiocarbonyl (C=S) groups is 1. The Morgan fingerprint density at radius 2 is 1.82 bits per heavy atom. The van der Waals surface area contributed by atoms with Gasteiger partial charge in [-0.15, -0.1) is 0 Å². The van der Waals surface area contributed by atoms with E-state index in [0.29, 0.717) is 33.3 Å². The summed E-state index contributed by atoms with van der Waals surface area (Å²) in [5, 5.41) is 8.40. The predicted octanol–water partition coefficient (Wildman–Crippen LogP) is 6.74. The number of carbonyl (C=O) groups is 1. The molecule has 1 amide bonds. The summed E-state index contributed by atoms with van der Waals surface area (Å²) in [5.41, 5.74) is 4.28. The van der Waals surface area contributed by atoms with Gasteiger partial charge >= 0.3 is 0 Å². The fourth-order valence-corrected chi connectivity index (χ4v) is 4.20. The number of nitrogens with one attached hydrogen (secondary N) is 2. The van der Waals surface area contributed by atoms with Crippen molar-refractivity contribution >= 4 is 62.4 Å². The molecule has 1 heterocycles. The molecule has 33 heavy (non-hydrogen) atoms. The number of hydrogen-bond donors (Lipinski definition) is 2. The fourth-order valence-electron chi connectivity index (χ4n) is 3.67. The minimum Gasteiger partial charge on any atom is -0.436 e. The van der Waals surface area contributed by atoms with Crippen LogP contribution in [0.25, 0.3) is 33.3 Å². The molecule has 7 heteroatoms. The number of aromatic nitrogens is 1. The maximum Gasteiger partial charge on any atom is 0.258 e. The van der Waals surface area contributed by atoms with E-state index in [1.54, 1.807) is 12.1 Å². The molecule has 5 rings (SSSR count). The molecule has 0 aliphatic carbocycles. The number of hydrogen-bond acceptors (Lipinski definition) is 4. The molecule has 0 bridgehead atoms. The monoisotopic (exact) mass is 471 g/mol. The van der Waals surface area contributed by atoms with Gasteiger partial charge in [0.2, 0.25) is 5.89 Å². The molecule has 1 aromatic heterocycles. The second-order valence-electron chi connectivity index (χ2n) is 7.62. The van der Waals surface area contributed by atoms with Gasteiger partial charge in [0.15, 0.2) is 10.7 Å². The predicted molar refractivity (Wildman–Crippen MR) is 137 cm³/mol. The molecule has 0 spiro atoms. The van der Waals surface area contributed by atoms with Crippen LogP contribution in [0.1, 0.15) is 15.9 Å². The number of oxazole rings is 1. The second-order valence-corrected chi connectivity index (χ2v) is 8.44. The fraction of sp³-hybridized carbons (Fsp3) is 0.0385. The van der Waals surface area contributed by atoms with Crippen LogP contribution in [0, 0.1) is 6.92 Å². The zero-order valence-corrected chi connectivity index (χ0v) is 19.1. The lowest BCUT2D eigenvalue weighted by atomic mass is 10.0. The van der Waals surface area contributed by atoms with Gasteiger partial charge in [-0.3, -0.25) is 10.1 Å². The maximum atomic E-state index is 12.5. The minimum atomic E-state index is -0.377. The van der Waals surface area contributed by atoms with E-state index in [1.807, 2.05) is 61.5 Å². The molecular weight excluding hydrogens is 454 g/mol. The third-order valence-corrected chi connectivity index (χ3v) is 5.78. The Morgan fingerprint density at radius 1 is 1.00 bits per heavy atom. The van der Waals surface area contributed by atoms with Gasteiger partial charge < -0.3 is 9.73 Å². The Hall–Kier alpha value is -3.74. The van der Waals surface area contributed by atoms with Crippen molar-refractivity contribution in [2.75, 3.05) is 5.32 Å². The van der Waals surface area contributed by atoms with Crippen LogP contribution in [0.5, 0.6) is 0 Å². The van der Waals surface area contributed by atoms with Gasteiger partial charge in [0.05, 0.1) is 10.6 Å². The number of anilines is 1. The number of amides is 1. The second kappa shape index (κ2) is 8.65. The summed E-state index contributed by atoms with van der Waals surface area (Å²) < 4.78 is 6.01. The van der Waals surface area contributed by atoms with Crippen molar-refractivity contribution in [3.8, 4) is 11.5 Å². The highest BCUT2D eigenvalue weighted by molar-refractivity contribution is 7.80. The van der Waals surface area contributed by atoms with Crippen molar-refractivity contribution in [1.29, 1.82) is 0 Å². The Bertz CT molecular complexity index is 1540. The van der Waals surface area contributed by atoms with E-state index in [2.05, 4.69) is 27.8 Å². The smallest absolute Gasteiger partial charge is 0.258 e. The molecule has 0 atom stereocenters. The third-order valence-electron chi connectivity index (χ3n) is 5.26. The van der Waals surface area contributed by atoms with Crippen LogP contribution in [-0.4, -0.2) is 16.0 Å². The summed E-state index contributed by atoms with van der Waals surface area (Å²) in [7, 11) is 0. The molecular formula is C26H18ClN3O2S. The summed E-state index contributed by atoms with van der Waals surface area (Å²) >= 11 is 11.5. The first-order valence-corrected chi connectivity index (χ1v) is 11.0. The Morgan fingerprint density at radius 3 is 2.67 bits per heavy atom. The van der Waals surface area contributed by atoms with Crippen LogP contribution >= 0.6 is 23.8 Å². The first-order chi connectivity index (χ1) is 16.0. The quantitative estimate of drug-likeness (QED) is 0.285. The number of nitrogens with zero attached hydrogens (tertiary/aromatic N) is 1. The number of halogens is 1. The lowest BCUT2D eigenvalue weighted by Crippen LogP contribution is -2.34. The number of carbonyl (C=O) groups excluding carboxylic acids is 1. The van der Waals surface area contributed by atoms with Gasteiger partial charge in [0, 0.05) is 11.3 Å². The largest absolute Gasteiger partial charge is 0.436 e. The molecule has 2 N–H and O–H groups in total. The van der Waals surface area contributed by atoms with Crippen LogP contribution in [0.2, 0.25) is 5.02 Å². The Kier molecular flexibility index (Phi) is 5.54. The standard InChI is InChI=1S/C26H18ClN3O2S/c1-15-9-11-20(21(27)13-15)24(31)30-26(33)28-17-10-12-23-22(14-17)29-25(32-23)19-8-4-6-16-5-2-3-7-18(16)19/h2-14H,1H3,(H2,28,30,31,33). The molecule has 5 nitrogen and oxygen atoms in total. The molecule has 4 aromatic carbocycles. The van der Waals surface area contributed by atoms with Gasteiger partial charge in [-0.1, -0.05) is 54.1 Å². The van der Waals surface area contributed by atoms with Crippen molar-refractivity contribution in [2.24, 2.45) is 0 Å². The highest BCUT2D eigenvalue weighted by Gasteiger charge is 2.14. The average molecular weight is 472 g/mol. The molecule has 162 valence electrons. The Labute approximate surface area is 200 Å². The van der Waals surface area contributed by atoms with Crippen molar-refractivity contribution in [3.05, 3.63) is 95.0 Å².